The van der Waals surface area contributed by atoms with Crippen LogP contribution in [0.15, 0.2) is 0 Å². The van der Waals surface area contributed by atoms with Crippen LogP contribution in [0.25, 0.3) is 0 Å². The van der Waals surface area contributed by atoms with E-state index in [1.54, 1.807) is 0 Å². The topological polar surface area (TPSA) is 192 Å². The van der Waals surface area contributed by atoms with E-state index >= 15 is 0 Å². The Bertz CT molecular complexity index is 1460. The second-order valence-electron chi connectivity index (χ2n) is 25.9. The van der Waals surface area contributed by atoms with Gasteiger partial charge in [0.1, 0.15) is 24.4 Å². The highest BCUT2D eigenvalue weighted by Gasteiger charge is 2.48. The number of carbonyl (C=O) groups excluding carboxylic acids is 1. The Hall–Kier alpha value is -0.900. The summed E-state index contributed by atoms with van der Waals surface area (Å²) < 4.78 is 48.1. The summed E-state index contributed by atoms with van der Waals surface area (Å²) in [6, 6.07) is -0.855. The second kappa shape index (κ2) is 60.0. The third-order valence-corrected chi connectivity index (χ3v) is 18.4. The Morgan fingerprint density at radius 2 is 0.699 bits per heavy atom. The van der Waals surface area contributed by atoms with Gasteiger partial charge in [0.25, 0.3) is 0 Å². The summed E-state index contributed by atoms with van der Waals surface area (Å²) in [5, 5.41) is 45.4. The van der Waals surface area contributed by atoms with Gasteiger partial charge in [-0.15, -0.1) is 0 Å². The van der Waals surface area contributed by atoms with Gasteiger partial charge in [-0.25, -0.2) is 4.18 Å². The van der Waals surface area contributed by atoms with Crippen molar-refractivity contribution in [2.24, 2.45) is 0 Å². The Morgan fingerprint density at radius 3 is 0.964 bits per heavy atom. The zero-order chi connectivity index (χ0) is 60.4. The summed E-state index contributed by atoms with van der Waals surface area (Å²) in [5.41, 5.74) is 0. The smallest absolute Gasteiger partial charge is 0.394 e. The number of amides is 1. The van der Waals surface area contributed by atoms with Crippen molar-refractivity contribution in [2.45, 2.75) is 429 Å². The maximum Gasteiger partial charge on any atom is 0.397 e. The van der Waals surface area contributed by atoms with Crippen LogP contribution in [0.3, 0.4) is 0 Å². The summed E-state index contributed by atoms with van der Waals surface area (Å²) in [6.45, 7) is 3.54. The van der Waals surface area contributed by atoms with Gasteiger partial charge in [-0.2, -0.15) is 8.42 Å². The van der Waals surface area contributed by atoms with Crippen LogP contribution >= 0.6 is 0 Å². The van der Waals surface area contributed by atoms with Gasteiger partial charge in [0, 0.05) is 6.42 Å². The zero-order valence-corrected chi connectivity index (χ0v) is 55.4. The van der Waals surface area contributed by atoms with Crippen LogP contribution in [0.1, 0.15) is 386 Å². The number of aliphatic hydroxyl groups excluding tert-OH is 4. The van der Waals surface area contributed by atoms with E-state index in [2.05, 4.69) is 23.3 Å². The average Bonchev–Trinajstić information content (AvgIpc) is 3.56. The minimum absolute atomic E-state index is 0.218. The fraction of sp³-hybridized carbons (Fsp3) is 0.986. The maximum absolute atomic E-state index is 13.2. The standard InChI is InChI=1S/C70H139NO11S/c1-3-5-7-9-11-13-15-17-19-21-23-25-27-28-29-30-31-32-33-34-35-36-38-40-42-44-46-48-50-52-54-56-58-60-66(74)71-63(62-80-70-68(76)69(82-83(77,78)79)67(75)65(61-72)81-70)64(73)59-57-55-53-51-49-47-45-43-41-39-37-26-24-22-20-18-16-14-12-10-8-6-4-2/h63-65,67-70,72-73,75-76H,3-62H2,1-2H3,(H,71,74)(H,77,78,79). The van der Waals surface area contributed by atoms with Crippen molar-refractivity contribution in [3.63, 3.8) is 0 Å². The fourth-order valence-corrected chi connectivity index (χ4v) is 12.9. The van der Waals surface area contributed by atoms with Crippen LogP contribution in [-0.4, -0.2) is 95.4 Å². The summed E-state index contributed by atoms with van der Waals surface area (Å²) in [7, 11) is -5.08. The molecule has 1 aliphatic heterocycles. The molecule has 0 bridgehead atoms. The van der Waals surface area contributed by atoms with Gasteiger partial charge in [-0.3, -0.25) is 9.35 Å². The molecule has 1 fully saturated rings. The van der Waals surface area contributed by atoms with Crippen molar-refractivity contribution in [2.75, 3.05) is 13.2 Å². The predicted molar refractivity (Wildman–Crippen MR) is 347 cm³/mol. The number of ether oxygens (including phenoxy) is 2. The number of hydrogen-bond donors (Lipinski definition) is 6. The van der Waals surface area contributed by atoms with E-state index in [-0.39, 0.29) is 12.5 Å². The maximum atomic E-state index is 13.2. The molecule has 1 amide bonds. The molecule has 1 saturated heterocycles. The van der Waals surface area contributed by atoms with E-state index < -0.39 is 59.9 Å². The van der Waals surface area contributed by atoms with E-state index in [0.717, 1.165) is 51.4 Å². The van der Waals surface area contributed by atoms with Crippen LogP contribution in [-0.2, 0) is 28.9 Å². The van der Waals surface area contributed by atoms with Crippen LogP contribution in [0, 0.1) is 0 Å². The third kappa shape index (κ3) is 51.7. The summed E-state index contributed by atoms with van der Waals surface area (Å²) in [4.78, 5) is 13.2. The first-order chi connectivity index (χ1) is 40.5. The van der Waals surface area contributed by atoms with Gasteiger partial charge >= 0.3 is 10.4 Å². The van der Waals surface area contributed by atoms with E-state index in [1.807, 2.05) is 0 Å². The number of hydrogen-bond acceptors (Lipinski definition) is 10. The number of unbranched alkanes of at least 4 members (excludes halogenated alkanes) is 54. The molecule has 7 atom stereocenters. The highest BCUT2D eigenvalue weighted by atomic mass is 32.3. The van der Waals surface area contributed by atoms with Gasteiger partial charge in [-0.05, 0) is 12.8 Å². The van der Waals surface area contributed by atoms with Crippen molar-refractivity contribution >= 4 is 16.3 Å². The molecule has 1 heterocycles. The number of rotatable bonds is 66. The van der Waals surface area contributed by atoms with Crippen LogP contribution < -0.4 is 5.32 Å². The molecule has 1 aliphatic rings. The minimum Gasteiger partial charge on any atom is -0.394 e. The lowest BCUT2D eigenvalue weighted by atomic mass is 9.99. The Balaban J connectivity index is 2.19. The Morgan fingerprint density at radius 1 is 0.434 bits per heavy atom. The van der Waals surface area contributed by atoms with E-state index in [0.29, 0.717) is 12.8 Å². The van der Waals surface area contributed by atoms with Crippen molar-refractivity contribution in [1.82, 2.24) is 5.32 Å². The average molecular weight is 1200 g/mol. The van der Waals surface area contributed by atoms with E-state index in [9.17, 15) is 38.2 Å². The lowest BCUT2D eigenvalue weighted by Gasteiger charge is -2.41. The first-order valence-corrected chi connectivity index (χ1v) is 37.8. The van der Waals surface area contributed by atoms with Crippen molar-refractivity contribution < 1.29 is 51.8 Å². The van der Waals surface area contributed by atoms with Crippen molar-refractivity contribution in [1.29, 1.82) is 0 Å². The molecule has 0 aliphatic carbocycles. The number of aliphatic hydroxyl groups is 4. The summed E-state index contributed by atoms with van der Waals surface area (Å²) >= 11 is 0. The molecule has 13 heteroatoms. The first kappa shape index (κ1) is 80.1. The number of carbonyl (C=O) groups is 1. The van der Waals surface area contributed by atoms with E-state index in [4.69, 9.17) is 9.47 Å². The lowest BCUT2D eigenvalue weighted by molar-refractivity contribution is -0.298. The lowest BCUT2D eigenvalue weighted by Crippen LogP contribution is -2.61. The minimum atomic E-state index is -5.08. The first-order valence-electron chi connectivity index (χ1n) is 36.4. The van der Waals surface area contributed by atoms with Gasteiger partial charge in [-0.1, -0.05) is 367 Å². The normalized spacial score (nSPS) is 18.3. The molecule has 0 aromatic carbocycles. The molecule has 496 valence electrons. The molecule has 83 heavy (non-hydrogen) atoms. The van der Waals surface area contributed by atoms with Gasteiger partial charge < -0.3 is 35.2 Å². The van der Waals surface area contributed by atoms with Gasteiger partial charge in [0.2, 0.25) is 5.91 Å². The quantitative estimate of drug-likeness (QED) is 0.0251. The van der Waals surface area contributed by atoms with Crippen molar-refractivity contribution in [3.05, 3.63) is 0 Å². The van der Waals surface area contributed by atoms with Crippen LogP contribution in [0.2, 0.25) is 0 Å². The Kier molecular flexibility index (Phi) is 57.9. The molecule has 1 rings (SSSR count). The monoisotopic (exact) mass is 1200 g/mol. The predicted octanol–water partition coefficient (Wildman–Crippen LogP) is 19.1. The third-order valence-electron chi connectivity index (χ3n) is 17.9. The molecule has 0 aromatic heterocycles. The fourth-order valence-electron chi connectivity index (χ4n) is 12.4. The highest BCUT2D eigenvalue weighted by molar-refractivity contribution is 7.80. The molecule has 7 unspecified atom stereocenters. The van der Waals surface area contributed by atoms with Gasteiger partial charge in [0.05, 0.1) is 25.4 Å². The highest BCUT2D eigenvalue weighted by Crippen LogP contribution is 2.27. The number of nitrogens with one attached hydrogen (secondary N) is 1. The zero-order valence-electron chi connectivity index (χ0n) is 54.6. The largest absolute Gasteiger partial charge is 0.397 e. The van der Waals surface area contributed by atoms with Crippen molar-refractivity contribution in [3.8, 4) is 0 Å². The Labute approximate surface area is 513 Å². The molecule has 0 aromatic rings. The van der Waals surface area contributed by atoms with E-state index in [1.165, 1.54) is 308 Å². The second-order valence-corrected chi connectivity index (χ2v) is 26.9. The van der Waals surface area contributed by atoms with Crippen LogP contribution in [0.4, 0.5) is 0 Å². The molecule has 0 radical (unpaired) electrons. The molecular weight excluding hydrogens is 1060 g/mol. The molecule has 6 N–H and O–H groups in total. The molecule has 12 nitrogen and oxygen atoms in total. The van der Waals surface area contributed by atoms with Crippen LogP contribution in [0.5, 0.6) is 0 Å². The van der Waals surface area contributed by atoms with Gasteiger partial charge in [0.15, 0.2) is 6.29 Å². The molecular formula is C70H139NO11S. The molecule has 0 spiro atoms. The summed E-state index contributed by atoms with van der Waals surface area (Å²) in [6.07, 6.45) is 65.8. The summed E-state index contributed by atoms with van der Waals surface area (Å²) in [5.74, 6) is -0.218. The molecule has 0 saturated carbocycles. The SMILES string of the molecule is CCCCCCCCCCCCCCCCCCCCCCCCCCCCCCCCCCCC(=O)NC(COC1OC(CO)C(O)C(OS(=O)(=O)O)C1O)C(O)CCCCCCCCCCCCCCCCCCCCCCCCC.